The first-order valence-corrected chi connectivity index (χ1v) is 5.97. The molecule has 3 nitrogen and oxygen atoms in total. The Balaban J connectivity index is 2.79. The summed E-state index contributed by atoms with van der Waals surface area (Å²) in [7, 11) is 0. The summed E-state index contributed by atoms with van der Waals surface area (Å²) in [5, 5.41) is 10.1. The first kappa shape index (κ1) is 13.7. The number of aliphatic hydroxyl groups is 1. The standard InChI is InChI=1S/C14H20O3/c1-4-14(16,5-2)10-17-13-9-7-6-8-12(13)11(3)15/h6-9,16H,4-5,10H2,1-3H3. The molecule has 1 aromatic rings. The fraction of sp³-hybridized carbons (Fsp3) is 0.500. The third kappa shape index (κ3) is 3.56. The number of ether oxygens (including phenoxy) is 1. The lowest BCUT2D eigenvalue weighted by atomic mass is 9.99. The lowest BCUT2D eigenvalue weighted by molar-refractivity contribution is -0.0115. The molecule has 0 saturated heterocycles. The van der Waals surface area contributed by atoms with E-state index in [0.717, 1.165) is 0 Å². The molecule has 0 aromatic heterocycles. The van der Waals surface area contributed by atoms with Crippen LogP contribution in [-0.4, -0.2) is 23.1 Å². The maximum Gasteiger partial charge on any atom is 0.163 e. The maximum absolute atomic E-state index is 11.4. The molecule has 0 fully saturated rings. The minimum absolute atomic E-state index is 0.0304. The van der Waals surface area contributed by atoms with Gasteiger partial charge in [-0.25, -0.2) is 0 Å². The molecule has 0 radical (unpaired) electrons. The summed E-state index contributed by atoms with van der Waals surface area (Å²) in [6.45, 7) is 5.56. The SMILES string of the molecule is CCC(O)(CC)COc1ccccc1C(C)=O. The van der Waals surface area contributed by atoms with Crippen molar-refractivity contribution in [2.75, 3.05) is 6.61 Å². The molecule has 17 heavy (non-hydrogen) atoms. The lowest BCUT2D eigenvalue weighted by Gasteiger charge is -2.25. The molecule has 0 atom stereocenters. The van der Waals surface area contributed by atoms with Gasteiger partial charge in [0.15, 0.2) is 5.78 Å². The van der Waals surface area contributed by atoms with Crippen molar-refractivity contribution in [2.24, 2.45) is 0 Å². The molecular weight excluding hydrogens is 216 g/mol. The third-order valence-corrected chi connectivity index (χ3v) is 3.08. The first-order valence-electron chi connectivity index (χ1n) is 5.97. The van der Waals surface area contributed by atoms with Gasteiger partial charge in [-0.3, -0.25) is 4.79 Å². The molecule has 0 unspecified atom stereocenters. The number of hydrogen-bond acceptors (Lipinski definition) is 3. The van der Waals surface area contributed by atoms with Crippen molar-refractivity contribution < 1.29 is 14.6 Å². The molecule has 1 rings (SSSR count). The number of hydrogen-bond donors (Lipinski definition) is 1. The normalized spacial score (nSPS) is 11.3. The zero-order chi connectivity index (χ0) is 12.9. The van der Waals surface area contributed by atoms with Crippen LogP contribution in [0.25, 0.3) is 0 Å². The van der Waals surface area contributed by atoms with Crippen molar-refractivity contribution in [3.8, 4) is 5.75 Å². The van der Waals surface area contributed by atoms with E-state index in [-0.39, 0.29) is 12.4 Å². The predicted molar refractivity (Wildman–Crippen MR) is 67.5 cm³/mol. The zero-order valence-corrected chi connectivity index (χ0v) is 10.7. The van der Waals surface area contributed by atoms with Crippen LogP contribution >= 0.6 is 0 Å². The molecule has 0 bridgehead atoms. The van der Waals surface area contributed by atoms with Crippen molar-refractivity contribution in [3.63, 3.8) is 0 Å². The fourth-order valence-electron chi connectivity index (χ4n) is 1.55. The fourth-order valence-corrected chi connectivity index (χ4v) is 1.55. The van der Waals surface area contributed by atoms with Gasteiger partial charge in [0, 0.05) is 0 Å². The molecule has 0 aliphatic heterocycles. The van der Waals surface area contributed by atoms with Gasteiger partial charge in [-0.15, -0.1) is 0 Å². The van der Waals surface area contributed by atoms with E-state index in [2.05, 4.69) is 0 Å². The highest BCUT2D eigenvalue weighted by Gasteiger charge is 2.23. The van der Waals surface area contributed by atoms with Gasteiger partial charge in [0.1, 0.15) is 12.4 Å². The van der Waals surface area contributed by atoms with Gasteiger partial charge in [0.2, 0.25) is 0 Å². The quantitative estimate of drug-likeness (QED) is 0.772. The summed E-state index contributed by atoms with van der Waals surface area (Å²) in [4.78, 5) is 11.4. The van der Waals surface area contributed by atoms with Gasteiger partial charge in [0.25, 0.3) is 0 Å². The van der Waals surface area contributed by atoms with Crippen LogP contribution in [0.5, 0.6) is 5.75 Å². The minimum Gasteiger partial charge on any atom is -0.490 e. The lowest BCUT2D eigenvalue weighted by Crippen LogP contribution is -2.34. The number of para-hydroxylation sites is 1. The number of carbonyl (C=O) groups excluding carboxylic acids is 1. The van der Waals surface area contributed by atoms with Gasteiger partial charge in [-0.05, 0) is 31.9 Å². The van der Waals surface area contributed by atoms with Gasteiger partial charge in [-0.2, -0.15) is 0 Å². The Morgan fingerprint density at radius 2 is 1.88 bits per heavy atom. The van der Waals surface area contributed by atoms with Gasteiger partial charge in [-0.1, -0.05) is 26.0 Å². The van der Waals surface area contributed by atoms with Crippen molar-refractivity contribution in [1.82, 2.24) is 0 Å². The molecule has 0 amide bonds. The van der Waals surface area contributed by atoms with Crippen LogP contribution in [-0.2, 0) is 0 Å². The molecule has 3 heteroatoms. The average molecular weight is 236 g/mol. The second-order valence-corrected chi connectivity index (χ2v) is 4.27. The third-order valence-electron chi connectivity index (χ3n) is 3.08. The molecule has 0 aliphatic carbocycles. The van der Waals surface area contributed by atoms with E-state index in [4.69, 9.17) is 4.74 Å². The van der Waals surface area contributed by atoms with E-state index in [1.807, 2.05) is 19.9 Å². The largest absolute Gasteiger partial charge is 0.490 e. The molecule has 1 aromatic carbocycles. The highest BCUT2D eigenvalue weighted by atomic mass is 16.5. The Morgan fingerprint density at radius 3 is 2.41 bits per heavy atom. The smallest absolute Gasteiger partial charge is 0.163 e. The van der Waals surface area contributed by atoms with Crippen LogP contribution in [0.3, 0.4) is 0 Å². The van der Waals surface area contributed by atoms with Crippen LogP contribution in [0.4, 0.5) is 0 Å². The first-order chi connectivity index (χ1) is 8.02. The van der Waals surface area contributed by atoms with Crippen LogP contribution in [0.1, 0.15) is 44.0 Å². The highest BCUT2D eigenvalue weighted by Crippen LogP contribution is 2.22. The topological polar surface area (TPSA) is 46.5 Å². The monoisotopic (exact) mass is 236 g/mol. The van der Waals surface area contributed by atoms with Crippen molar-refractivity contribution in [1.29, 1.82) is 0 Å². The van der Waals surface area contributed by atoms with E-state index >= 15 is 0 Å². The Kier molecular flexibility index (Phi) is 4.70. The minimum atomic E-state index is -0.816. The Hall–Kier alpha value is -1.35. The summed E-state index contributed by atoms with van der Waals surface area (Å²) >= 11 is 0. The second-order valence-electron chi connectivity index (χ2n) is 4.27. The molecule has 0 heterocycles. The maximum atomic E-state index is 11.4. The summed E-state index contributed by atoms with van der Waals surface area (Å²) in [6.07, 6.45) is 1.26. The molecule has 1 N–H and O–H groups in total. The van der Waals surface area contributed by atoms with Gasteiger partial charge >= 0.3 is 0 Å². The molecule has 0 spiro atoms. The second kappa shape index (κ2) is 5.82. The van der Waals surface area contributed by atoms with Crippen LogP contribution < -0.4 is 4.74 Å². The number of Topliss-reactive ketones (excluding diaryl/α,β-unsaturated/α-hetero) is 1. The van der Waals surface area contributed by atoms with Crippen molar-refractivity contribution in [2.45, 2.75) is 39.2 Å². The molecular formula is C14H20O3. The highest BCUT2D eigenvalue weighted by molar-refractivity contribution is 5.96. The Labute approximate surface area is 102 Å². The molecule has 0 saturated carbocycles. The van der Waals surface area contributed by atoms with E-state index < -0.39 is 5.60 Å². The average Bonchev–Trinajstić information content (AvgIpc) is 2.36. The predicted octanol–water partition coefficient (Wildman–Crippen LogP) is 2.82. The number of rotatable bonds is 6. The van der Waals surface area contributed by atoms with Crippen LogP contribution in [0.2, 0.25) is 0 Å². The van der Waals surface area contributed by atoms with Crippen LogP contribution in [0, 0.1) is 0 Å². The summed E-state index contributed by atoms with van der Waals surface area (Å²) in [5.41, 5.74) is -0.258. The van der Waals surface area contributed by atoms with E-state index in [9.17, 15) is 9.90 Å². The van der Waals surface area contributed by atoms with E-state index in [1.165, 1.54) is 6.92 Å². The number of benzene rings is 1. The van der Waals surface area contributed by atoms with Crippen molar-refractivity contribution in [3.05, 3.63) is 29.8 Å². The number of ketones is 1. The van der Waals surface area contributed by atoms with E-state index in [0.29, 0.717) is 24.2 Å². The Morgan fingerprint density at radius 1 is 1.29 bits per heavy atom. The molecule has 0 aliphatic rings. The van der Waals surface area contributed by atoms with Crippen molar-refractivity contribution >= 4 is 5.78 Å². The summed E-state index contributed by atoms with van der Waals surface area (Å²) in [5.74, 6) is 0.512. The van der Waals surface area contributed by atoms with Gasteiger partial charge in [0.05, 0.1) is 11.2 Å². The summed E-state index contributed by atoms with van der Waals surface area (Å²) < 4.78 is 5.57. The van der Waals surface area contributed by atoms with E-state index in [1.54, 1.807) is 18.2 Å². The number of carbonyl (C=O) groups is 1. The summed E-state index contributed by atoms with van der Waals surface area (Å²) in [6, 6.07) is 7.10. The van der Waals surface area contributed by atoms with Crippen LogP contribution in [0.15, 0.2) is 24.3 Å². The Bertz CT molecular complexity index is 381. The zero-order valence-electron chi connectivity index (χ0n) is 10.7. The van der Waals surface area contributed by atoms with Gasteiger partial charge < -0.3 is 9.84 Å². The molecule has 94 valence electrons.